The number of amides is 1. The molecular weight excluding hydrogens is 354 g/mol. The molecule has 1 aliphatic rings. The van der Waals surface area contributed by atoms with Crippen LogP contribution in [0.5, 0.6) is 0 Å². The number of fused-ring (bicyclic) bond motifs is 1. The van der Waals surface area contributed by atoms with Gasteiger partial charge >= 0.3 is 0 Å². The summed E-state index contributed by atoms with van der Waals surface area (Å²) in [5, 5.41) is 7.17. The smallest absolute Gasteiger partial charge is 0.278 e. The first-order chi connectivity index (χ1) is 13.7. The zero-order valence-corrected chi connectivity index (χ0v) is 16.1. The van der Waals surface area contributed by atoms with Gasteiger partial charge in [0.1, 0.15) is 5.69 Å². The number of carbonyl (C=O) groups excluding carboxylic acids is 1. The maximum Gasteiger partial charge on any atom is 0.278 e. The summed E-state index contributed by atoms with van der Waals surface area (Å²) in [5.74, 6) is 0.200. The van der Waals surface area contributed by atoms with Crippen molar-refractivity contribution in [1.29, 1.82) is 0 Å². The van der Waals surface area contributed by atoms with E-state index in [-0.39, 0.29) is 17.2 Å². The molecule has 1 amide bonds. The Bertz CT molecular complexity index is 1050. The summed E-state index contributed by atoms with van der Waals surface area (Å²) in [4.78, 5) is 29.5. The van der Waals surface area contributed by atoms with Gasteiger partial charge in [-0.1, -0.05) is 38.3 Å². The number of rotatable bonds is 6. The van der Waals surface area contributed by atoms with Crippen LogP contribution in [0.2, 0.25) is 0 Å². The number of aromatic nitrogens is 4. The lowest BCUT2D eigenvalue weighted by atomic mass is 10.2. The van der Waals surface area contributed by atoms with Crippen molar-refractivity contribution in [2.24, 2.45) is 0 Å². The second kappa shape index (κ2) is 7.96. The summed E-state index contributed by atoms with van der Waals surface area (Å²) >= 11 is 0. The van der Waals surface area contributed by atoms with Crippen LogP contribution in [-0.4, -0.2) is 25.2 Å². The lowest BCUT2D eigenvalue weighted by Crippen LogP contribution is -2.27. The highest BCUT2D eigenvalue weighted by atomic mass is 16.2. The number of hydrogen-bond acceptors (Lipinski definition) is 4. The minimum absolute atomic E-state index is 0.191. The van der Waals surface area contributed by atoms with Gasteiger partial charge < -0.3 is 4.57 Å². The Labute approximate surface area is 163 Å². The van der Waals surface area contributed by atoms with E-state index in [0.717, 1.165) is 36.7 Å². The third-order valence-electron chi connectivity index (χ3n) is 5.33. The minimum Gasteiger partial charge on any atom is -0.307 e. The first kappa shape index (κ1) is 18.4. The molecule has 0 atom stereocenters. The van der Waals surface area contributed by atoms with Gasteiger partial charge in [-0.05, 0) is 37.5 Å². The molecule has 0 saturated heterocycles. The fraction of sp³-hybridized carbons (Fsp3) is 0.429. The molecule has 3 aromatic rings. The molecule has 0 spiro atoms. The van der Waals surface area contributed by atoms with E-state index >= 15 is 0 Å². The molecule has 1 saturated carbocycles. The van der Waals surface area contributed by atoms with Crippen molar-refractivity contribution in [3.8, 4) is 0 Å². The summed E-state index contributed by atoms with van der Waals surface area (Å²) in [6.07, 6.45) is 6.35. The molecule has 0 radical (unpaired) electrons. The molecule has 4 rings (SSSR count). The fourth-order valence-electron chi connectivity index (χ4n) is 3.87. The van der Waals surface area contributed by atoms with Gasteiger partial charge in [0.05, 0.1) is 11.0 Å². The molecule has 1 fully saturated rings. The zero-order chi connectivity index (χ0) is 19.5. The van der Waals surface area contributed by atoms with E-state index in [2.05, 4.69) is 26.9 Å². The van der Waals surface area contributed by atoms with Crippen molar-refractivity contribution in [2.45, 2.75) is 58.0 Å². The van der Waals surface area contributed by atoms with Gasteiger partial charge in [-0.15, -0.1) is 0 Å². The lowest BCUT2D eigenvalue weighted by Gasteiger charge is -2.16. The van der Waals surface area contributed by atoms with Crippen molar-refractivity contribution in [3.63, 3.8) is 0 Å². The molecule has 0 unspecified atom stereocenters. The number of anilines is 1. The summed E-state index contributed by atoms with van der Waals surface area (Å²) in [7, 11) is 0. The zero-order valence-electron chi connectivity index (χ0n) is 16.1. The van der Waals surface area contributed by atoms with Crippen molar-refractivity contribution in [1.82, 2.24) is 19.3 Å². The van der Waals surface area contributed by atoms with Gasteiger partial charge in [-0.25, -0.2) is 9.67 Å². The van der Waals surface area contributed by atoms with Crippen molar-refractivity contribution >= 4 is 22.9 Å². The standard InChI is InChI=1S/C21H25N5O2/c1-2-3-14-25-19(27)13-12-17(24-25)20(28)23-21-22-16-10-6-7-11-18(16)26(21)15-8-4-5-9-15/h6-7,10-13,15H,2-5,8-9,14H2,1H3,(H,22,23,28). The van der Waals surface area contributed by atoms with Crippen LogP contribution >= 0.6 is 0 Å². The molecule has 28 heavy (non-hydrogen) atoms. The summed E-state index contributed by atoms with van der Waals surface area (Å²) in [6.45, 7) is 2.56. The first-order valence-corrected chi connectivity index (χ1v) is 10.0. The average Bonchev–Trinajstić information content (AvgIpc) is 3.34. The summed E-state index contributed by atoms with van der Waals surface area (Å²) < 4.78 is 3.51. The number of unbranched alkanes of at least 4 members (excludes halogenated alkanes) is 1. The summed E-state index contributed by atoms with van der Waals surface area (Å²) in [5.41, 5.74) is 1.93. The Morgan fingerprint density at radius 2 is 1.96 bits per heavy atom. The maximum atomic E-state index is 12.9. The monoisotopic (exact) mass is 379 g/mol. The topological polar surface area (TPSA) is 81.8 Å². The van der Waals surface area contributed by atoms with E-state index in [1.165, 1.54) is 29.7 Å². The number of hydrogen-bond donors (Lipinski definition) is 1. The maximum absolute atomic E-state index is 12.9. The van der Waals surface area contributed by atoms with Crippen LogP contribution < -0.4 is 10.9 Å². The van der Waals surface area contributed by atoms with Crippen LogP contribution in [0.3, 0.4) is 0 Å². The van der Waals surface area contributed by atoms with Crippen LogP contribution in [0, 0.1) is 0 Å². The van der Waals surface area contributed by atoms with Crippen LogP contribution in [0.1, 0.15) is 62.0 Å². The molecule has 2 aromatic heterocycles. The highest BCUT2D eigenvalue weighted by molar-refractivity contribution is 6.02. The normalized spacial score (nSPS) is 14.6. The van der Waals surface area contributed by atoms with Gasteiger partial charge in [0.2, 0.25) is 5.95 Å². The largest absolute Gasteiger partial charge is 0.307 e. The Balaban J connectivity index is 1.65. The van der Waals surface area contributed by atoms with Crippen LogP contribution in [0.25, 0.3) is 11.0 Å². The van der Waals surface area contributed by atoms with E-state index in [4.69, 9.17) is 0 Å². The lowest BCUT2D eigenvalue weighted by molar-refractivity contribution is 0.101. The Morgan fingerprint density at radius 3 is 2.75 bits per heavy atom. The Kier molecular flexibility index (Phi) is 5.23. The number of benzene rings is 1. The molecule has 1 N–H and O–H groups in total. The Hall–Kier alpha value is -2.96. The van der Waals surface area contributed by atoms with Gasteiger partial charge in [0, 0.05) is 18.7 Å². The second-order valence-corrected chi connectivity index (χ2v) is 7.32. The third kappa shape index (κ3) is 3.56. The van der Waals surface area contributed by atoms with E-state index < -0.39 is 0 Å². The molecule has 7 nitrogen and oxygen atoms in total. The summed E-state index contributed by atoms with van der Waals surface area (Å²) in [6, 6.07) is 11.2. The van der Waals surface area contributed by atoms with Gasteiger partial charge in [-0.3, -0.25) is 14.9 Å². The number of para-hydroxylation sites is 2. The van der Waals surface area contributed by atoms with Crippen molar-refractivity contribution in [3.05, 3.63) is 52.4 Å². The van der Waals surface area contributed by atoms with Gasteiger partial charge in [-0.2, -0.15) is 5.10 Å². The Morgan fingerprint density at radius 1 is 1.18 bits per heavy atom. The van der Waals surface area contributed by atoms with E-state index in [9.17, 15) is 9.59 Å². The molecular formula is C21H25N5O2. The van der Waals surface area contributed by atoms with E-state index in [1.54, 1.807) is 0 Å². The second-order valence-electron chi connectivity index (χ2n) is 7.32. The molecule has 1 aromatic carbocycles. The molecule has 0 bridgehead atoms. The molecule has 146 valence electrons. The number of imidazole rings is 1. The van der Waals surface area contributed by atoms with Crippen LogP contribution in [0.15, 0.2) is 41.2 Å². The van der Waals surface area contributed by atoms with Crippen molar-refractivity contribution in [2.75, 3.05) is 5.32 Å². The van der Waals surface area contributed by atoms with Crippen LogP contribution in [-0.2, 0) is 6.54 Å². The van der Waals surface area contributed by atoms with Crippen LogP contribution in [0.4, 0.5) is 5.95 Å². The highest BCUT2D eigenvalue weighted by Gasteiger charge is 2.24. The quantitative estimate of drug-likeness (QED) is 0.707. The SMILES string of the molecule is CCCCn1nc(C(=O)Nc2nc3ccccc3n2C2CCCC2)ccc1=O. The fourth-order valence-corrected chi connectivity index (χ4v) is 3.87. The molecule has 0 aliphatic heterocycles. The van der Waals surface area contributed by atoms with Crippen molar-refractivity contribution < 1.29 is 4.79 Å². The van der Waals surface area contributed by atoms with Gasteiger partial charge in [0.15, 0.2) is 0 Å². The number of nitrogens with one attached hydrogen (secondary N) is 1. The molecule has 7 heteroatoms. The van der Waals surface area contributed by atoms with E-state index in [0.29, 0.717) is 18.5 Å². The molecule has 2 heterocycles. The van der Waals surface area contributed by atoms with E-state index in [1.807, 2.05) is 24.3 Å². The number of nitrogens with zero attached hydrogens (tertiary/aromatic N) is 4. The highest BCUT2D eigenvalue weighted by Crippen LogP contribution is 2.35. The van der Waals surface area contributed by atoms with Gasteiger partial charge in [0.25, 0.3) is 11.5 Å². The minimum atomic E-state index is -0.347. The average molecular weight is 379 g/mol. The number of aryl methyl sites for hydroxylation is 1. The molecule has 1 aliphatic carbocycles. The third-order valence-corrected chi connectivity index (χ3v) is 5.33. The predicted octanol–water partition coefficient (Wildman–Crippen LogP) is 3.76. The number of carbonyl (C=O) groups is 1. The predicted molar refractivity (Wildman–Crippen MR) is 109 cm³/mol. The first-order valence-electron chi connectivity index (χ1n) is 10.0.